The van der Waals surface area contributed by atoms with Gasteiger partial charge in [0.25, 0.3) is 0 Å². The van der Waals surface area contributed by atoms with E-state index in [1.165, 1.54) is 0 Å². The van der Waals surface area contributed by atoms with Crippen LogP contribution in [0.1, 0.15) is 24.2 Å². The smallest absolute Gasteiger partial charge is 0.231 e. The fraction of sp³-hybridized carbons (Fsp3) is 0.333. The van der Waals surface area contributed by atoms with Crippen LogP contribution in [0, 0.1) is 12.8 Å². The third-order valence-corrected chi connectivity index (χ3v) is 3.73. The molecule has 2 atom stereocenters. The largest absolute Gasteiger partial charge is 0.355 e. The number of hydrogen-bond donors (Lipinski definition) is 1. The highest BCUT2D eigenvalue weighted by Crippen LogP contribution is 2.16. The third-order valence-electron chi connectivity index (χ3n) is 3.73. The van der Waals surface area contributed by atoms with Gasteiger partial charge in [0.05, 0.1) is 5.92 Å². The van der Waals surface area contributed by atoms with Crippen LogP contribution in [0.5, 0.6) is 0 Å². The lowest BCUT2D eigenvalue weighted by Crippen LogP contribution is -2.33. The average Bonchev–Trinajstić information content (AvgIpc) is 2.92. The zero-order valence-corrected chi connectivity index (χ0v) is 13.2. The molecule has 1 aromatic carbocycles. The Morgan fingerprint density at radius 3 is 2.73 bits per heavy atom. The van der Waals surface area contributed by atoms with Crippen LogP contribution >= 0.6 is 0 Å². The molecule has 0 radical (unpaired) electrons. The highest BCUT2D eigenvalue weighted by atomic mass is 16.1. The topological polar surface area (TPSA) is 46.9 Å². The SMILES string of the molecule is C=CC(C(=O)NCC(C)Cn1ccnc1C)c1ccccc1. The number of nitrogens with one attached hydrogen (secondary N) is 1. The van der Waals surface area contributed by atoms with E-state index in [9.17, 15) is 4.79 Å². The highest BCUT2D eigenvalue weighted by molar-refractivity contribution is 5.85. The van der Waals surface area contributed by atoms with Gasteiger partial charge < -0.3 is 9.88 Å². The number of rotatable bonds is 7. The summed E-state index contributed by atoms with van der Waals surface area (Å²) in [4.78, 5) is 16.6. The minimum atomic E-state index is -0.302. The van der Waals surface area contributed by atoms with Gasteiger partial charge in [-0.15, -0.1) is 6.58 Å². The molecule has 0 aliphatic carbocycles. The van der Waals surface area contributed by atoms with E-state index in [0.29, 0.717) is 12.5 Å². The second kappa shape index (κ2) is 7.59. The minimum Gasteiger partial charge on any atom is -0.355 e. The maximum absolute atomic E-state index is 12.3. The first-order chi connectivity index (χ1) is 10.6. The maximum Gasteiger partial charge on any atom is 0.231 e. The van der Waals surface area contributed by atoms with E-state index in [2.05, 4.69) is 28.4 Å². The van der Waals surface area contributed by atoms with Crippen molar-refractivity contribution >= 4 is 5.91 Å². The minimum absolute atomic E-state index is 0.00426. The molecule has 2 aromatic rings. The van der Waals surface area contributed by atoms with Crippen molar-refractivity contribution in [3.05, 3.63) is 66.8 Å². The van der Waals surface area contributed by atoms with E-state index in [4.69, 9.17) is 0 Å². The molecule has 0 saturated carbocycles. The van der Waals surface area contributed by atoms with Crippen molar-refractivity contribution < 1.29 is 4.79 Å². The number of carbonyl (C=O) groups excluding carboxylic acids is 1. The van der Waals surface area contributed by atoms with E-state index in [-0.39, 0.29) is 11.8 Å². The lowest BCUT2D eigenvalue weighted by atomic mass is 9.98. The second-order valence-corrected chi connectivity index (χ2v) is 5.60. The van der Waals surface area contributed by atoms with Gasteiger partial charge in [0.15, 0.2) is 0 Å². The number of nitrogens with zero attached hydrogens (tertiary/aromatic N) is 2. The summed E-state index contributed by atoms with van der Waals surface area (Å²) in [5.41, 5.74) is 0.966. The molecule has 4 nitrogen and oxygen atoms in total. The molecule has 4 heteroatoms. The van der Waals surface area contributed by atoms with Gasteiger partial charge in [0.1, 0.15) is 5.82 Å². The Kier molecular flexibility index (Phi) is 5.53. The van der Waals surface area contributed by atoms with Crippen LogP contribution in [-0.4, -0.2) is 22.0 Å². The van der Waals surface area contributed by atoms with Gasteiger partial charge in [-0.2, -0.15) is 0 Å². The number of hydrogen-bond acceptors (Lipinski definition) is 2. The first-order valence-corrected chi connectivity index (χ1v) is 7.54. The van der Waals surface area contributed by atoms with Crippen LogP contribution in [-0.2, 0) is 11.3 Å². The summed E-state index contributed by atoms with van der Waals surface area (Å²) >= 11 is 0. The Labute approximate surface area is 131 Å². The van der Waals surface area contributed by atoms with Crippen LogP contribution < -0.4 is 5.32 Å². The second-order valence-electron chi connectivity index (χ2n) is 5.60. The molecule has 0 aliphatic heterocycles. The van der Waals surface area contributed by atoms with Crippen LogP contribution in [0.15, 0.2) is 55.4 Å². The number of imidazole rings is 1. The monoisotopic (exact) mass is 297 g/mol. The summed E-state index contributed by atoms with van der Waals surface area (Å²) in [6.07, 6.45) is 5.45. The molecule has 2 rings (SSSR count). The fourth-order valence-corrected chi connectivity index (χ4v) is 2.44. The quantitative estimate of drug-likeness (QED) is 0.799. The molecule has 0 spiro atoms. The van der Waals surface area contributed by atoms with Gasteiger partial charge in [-0.3, -0.25) is 4.79 Å². The predicted molar refractivity (Wildman–Crippen MR) is 88.5 cm³/mol. The first kappa shape index (κ1) is 16.0. The first-order valence-electron chi connectivity index (χ1n) is 7.54. The molecule has 1 heterocycles. The maximum atomic E-state index is 12.3. The van der Waals surface area contributed by atoms with E-state index in [0.717, 1.165) is 17.9 Å². The summed E-state index contributed by atoms with van der Waals surface area (Å²) < 4.78 is 2.10. The molecular weight excluding hydrogens is 274 g/mol. The standard InChI is InChI=1S/C18H23N3O/c1-4-17(16-8-6-5-7-9-16)18(22)20-12-14(2)13-21-11-10-19-15(21)3/h4-11,14,17H,1,12-13H2,2-3H3,(H,20,22). The summed E-state index contributed by atoms with van der Waals surface area (Å²) in [5.74, 6) is 1.02. The van der Waals surface area contributed by atoms with Gasteiger partial charge in [0.2, 0.25) is 5.91 Å². The molecule has 1 N–H and O–H groups in total. The summed E-state index contributed by atoms with van der Waals surface area (Å²) in [5, 5.41) is 3.02. The van der Waals surface area contributed by atoms with Crippen molar-refractivity contribution in [2.75, 3.05) is 6.54 Å². The Balaban J connectivity index is 1.88. The molecule has 1 aromatic heterocycles. The highest BCUT2D eigenvalue weighted by Gasteiger charge is 2.17. The van der Waals surface area contributed by atoms with Crippen LogP contribution in [0.4, 0.5) is 0 Å². The molecule has 116 valence electrons. The number of aryl methyl sites for hydroxylation is 1. The summed E-state index contributed by atoms with van der Waals surface area (Å²) in [6.45, 7) is 9.36. The molecule has 2 unspecified atom stereocenters. The number of carbonyl (C=O) groups is 1. The van der Waals surface area contributed by atoms with Gasteiger partial charge >= 0.3 is 0 Å². The average molecular weight is 297 g/mol. The number of aromatic nitrogens is 2. The summed E-state index contributed by atoms with van der Waals surface area (Å²) in [7, 11) is 0. The summed E-state index contributed by atoms with van der Waals surface area (Å²) in [6, 6.07) is 9.71. The van der Waals surface area contributed by atoms with E-state index < -0.39 is 0 Å². The van der Waals surface area contributed by atoms with E-state index in [1.54, 1.807) is 12.3 Å². The van der Waals surface area contributed by atoms with Crippen molar-refractivity contribution in [1.82, 2.24) is 14.9 Å². The lowest BCUT2D eigenvalue weighted by Gasteiger charge is -2.17. The van der Waals surface area contributed by atoms with Crippen LogP contribution in [0.3, 0.4) is 0 Å². The molecule has 0 aliphatic rings. The van der Waals surface area contributed by atoms with Crippen LogP contribution in [0.25, 0.3) is 0 Å². The van der Waals surface area contributed by atoms with Crippen molar-refractivity contribution in [2.45, 2.75) is 26.3 Å². The number of benzene rings is 1. The van der Waals surface area contributed by atoms with Gasteiger partial charge in [-0.1, -0.05) is 43.3 Å². The van der Waals surface area contributed by atoms with Crippen molar-refractivity contribution in [2.24, 2.45) is 5.92 Å². The Morgan fingerprint density at radius 2 is 2.14 bits per heavy atom. The molecule has 0 fully saturated rings. The van der Waals surface area contributed by atoms with Gasteiger partial charge in [-0.05, 0) is 18.4 Å². The van der Waals surface area contributed by atoms with E-state index >= 15 is 0 Å². The van der Waals surface area contributed by atoms with Gasteiger partial charge in [-0.25, -0.2) is 4.98 Å². The zero-order chi connectivity index (χ0) is 15.9. The predicted octanol–water partition coefficient (Wildman–Crippen LogP) is 2.91. The normalized spacial score (nSPS) is 13.4. The molecule has 22 heavy (non-hydrogen) atoms. The van der Waals surface area contributed by atoms with Crippen LogP contribution in [0.2, 0.25) is 0 Å². The fourth-order valence-electron chi connectivity index (χ4n) is 2.44. The Morgan fingerprint density at radius 1 is 1.41 bits per heavy atom. The van der Waals surface area contributed by atoms with Crippen molar-refractivity contribution in [1.29, 1.82) is 0 Å². The van der Waals surface area contributed by atoms with Crippen molar-refractivity contribution in [3.63, 3.8) is 0 Å². The number of amides is 1. The Hall–Kier alpha value is -2.36. The van der Waals surface area contributed by atoms with Crippen molar-refractivity contribution in [3.8, 4) is 0 Å². The zero-order valence-electron chi connectivity index (χ0n) is 13.2. The molecule has 0 saturated heterocycles. The Bertz CT molecular complexity index is 618. The van der Waals surface area contributed by atoms with Gasteiger partial charge in [0, 0.05) is 25.5 Å². The molecule has 1 amide bonds. The molecule has 0 bridgehead atoms. The third kappa shape index (κ3) is 4.07. The molecular formula is C18H23N3O. The van der Waals surface area contributed by atoms with E-state index in [1.807, 2.05) is 43.5 Å². The lowest BCUT2D eigenvalue weighted by molar-refractivity contribution is -0.121.